The van der Waals surface area contributed by atoms with E-state index in [4.69, 9.17) is 11.6 Å². The third-order valence-corrected chi connectivity index (χ3v) is 4.36. The predicted molar refractivity (Wildman–Crippen MR) is 90.7 cm³/mol. The first-order chi connectivity index (χ1) is 9.40. The van der Waals surface area contributed by atoms with Gasteiger partial charge in [-0.15, -0.1) is 11.6 Å². The molecule has 0 aliphatic carbocycles. The van der Waals surface area contributed by atoms with Crippen molar-refractivity contribution in [2.24, 2.45) is 5.92 Å². The summed E-state index contributed by atoms with van der Waals surface area (Å²) in [5, 5.41) is -0.179. The maximum absolute atomic E-state index is 13.8. The van der Waals surface area contributed by atoms with E-state index >= 15 is 0 Å². The third-order valence-electron chi connectivity index (χ3n) is 3.34. The smallest absolute Gasteiger partial charge is 0.138 e. The van der Waals surface area contributed by atoms with E-state index in [0.29, 0.717) is 9.49 Å². The largest absolute Gasteiger partial charge is 0.327 e. The highest BCUT2D eigenvalue weighted by Gasteiger charge is 2.16. The Bertz CT molecular complexity index is 607. The molecule has 1 aromatic carbocycles. The number of hydrogen-bond acceptors (Lipinski definition) is 1. The fourth-order valence-electron chi connectivity index (χ4n) is 2.34. The van der Waals surface area contributed by atoms with Gasteiger partial charge in [0.1, 0.15) is 11.6 Å². The summed E-state index contributed by atoms with van der Waals surface area (Å²) in [7, 11) is 0. The Morgan fingerprint density at radius 2 is 2.05 bits per heavy atom. The Kier molecular flexibility index (Phi) is 5.29. The summed E-state index contributed by atoms with van der Waals surface area (Å²) in [5.74, 6) is 1.29. The van der Waals surface area contributed by atoms with Crippen LogP contribution in [-0.4, -0.2) is 9.55 Å². The molecule has 2 aromatic rings. The average molecular weight is 409 g/mol. The minimum absolute atomic E-state index is 0.179. The zero-order valence-corrected chi connectivity index (χ0v) is 14.9. The summed E-state index contributed by atoms with van der Waals surface area (Å²) >= 11 is 8.21. The number of benzene rings is 1. The minimum atomic E-state index is -0.197. The van der Waals surface area contributed by atoms with Crippen LogP contribution in [0.5, 0.6) is 0 Å². The molecule has 2 nitrogen and oxygen atoms in total. The van der Waals surface area contributed by atoms with Crippen LogP contribution in [0.25, 0.3) is 11.0 Å². The van der Waals surface area contributed by atoms with Gasteiger partial charge in [-0.3, -0.25) is 0 Å². The lowest BCUT2D eigenvalue weighted by atomic mass is 10.1. The number of nitrogens with zero attached hydrogens (tertiary/aromatic N) is 2. The number of halogens is 3. The topological polar surface area (TPSA) is 17.8 Å². The fraction of sp³-hybridized carbons (Fsp3) is 0.533. The van der Waals surface area contributed by atoms with Crippen molar-refractivity contribution < 1.29 is 4.39 Å². The van der Waals surface area contributed by atoms with Crippen LogP contribution in [0.3, 0.4) is 0 Å². The van der Waals surface area contributed by atoms with Gasteiger partial charge in [-0.1, -0.05) is 13.8 Å². The number of fused-ring (bicyclic) bond motifs is 1. The summed E-state index contributed by atoms with van der Waals surface area (Å²) < 4.78 is 16.5. The van der Waals surface area contributed by atoms with Crippen molar-refractivity contribution in [2.75, 3.05) is 0 Å². The van der Waals surface area contributed by atoms with Crippen LogP contribution in [-0.2, 0) is 6.54 Å². The summed E-state index contributed by atoms with van der Waals surface area (Å²) in [5.41, 5.74) is 1.66. The van der Waals surface area contributed by atoms with Gasteiger partial charge in [-0.05, 0) is 54.3 Å². The second-order valence-electron chi connectivity index (χ2n) is 5.53. The van der Waals surface area contributed by atoms with E-state index in [9.17, 15) is 4.39 Å². The van der Waals surface area contributed by atoms with Crippen LogP contribution in [0.2, 0.25) is 0 Å². The minimum Gasteiger partial charge on any atom is -0.327 e. The second-order valence-corrected chi connectivity index (χ2v) is 7.35. The summed E-state index contributed by atoms with van der Waals surface area (Å²) in [4.78, 5) is 4.57. The molecule has 0 aliphatic rings. The van der Waals surface area contributed by atoms with Gasteiger partial charge < -0.3 is 4.57 Å². The van der Waals surface area contributed by atoms with E-state index in [1.807, 2.05) is 29.5 Å². The molecular formula is C15H19ClFIN2. The molecule has 0 saturated heterocycles. The lowest BCUT2D eigenvalue weighted by Gasteiger charge is -2.11. The first-order valence-corrected chi connectivity index (χ1v) is 8.41. The molecule has 0 radical (unpaired) electrons. The molecule has 0 N–H and O–H groups in total. The van der Waals surface area contributed by atoms with Crippen molar-refractivity contribution in [3.8, 4) is 0 Å². The Balaban J connectivity index is 2.42. The lowest BCUT2D eigenvalue weighted by Crippen LogP contribution is -2.05. The second kappa shape index (κ2) is 6.60. The fourth-order valence-corrected chi connectivity index (χ4v) is 2.95. The van der Waals surface area contributed by atoms with Gasteiger partial charge in [0.05, 0.1) is 20.0 Å². The average Bonchev–Trinajstić information content (AvgIpc) is 2.68. The number of rotatable bonds is 5. The maximum Gasteiger partial charge on any atom is 0.138 e. The zero-order chi connectivity index (χ0) is 14.9. The van der Waals surface area contributed by atoms with Crippen molar-refractivity contribution in [2.45, 2.75) is 45.5 Å². The van der Waals surface area contributed by atoms with Crippen LogP contribution in [0.15, 0.2) is 12.1 Å². The molecule has 0 bridgehead atoms. The number of alkyl halides is 1. The normalized spacial score (nSPS) is 13.3. The van der Waals surface area contributed by atoms with Gasteiger partial charge in [0.2, 0.25) is 0 Å². The number of hydrogen-bond donors (Lipinski definition) is 0. The predicted octanol–water partition coefficient (Wildman–Crippen LogP) is 5.52. The van der Waals surface area contributed by atoms with Crippen LogP contribution < -0.4 is 0 Å². The standard InChI is InChI=1S/C15H19ClFIN2/c1-9(2)5-4-6-20-14-7-11(17)12(18)8-13(14)19-15(20)10(3)16/h7-10H,4-6H2,1-3H3. The molecule has 110 valence electrons. The molecule has 1 atom stereocenters. The van der Waals surface area contributed by atoms with E-state index in [2.05, 4.69) is 23.4 Å². The first kappa shape index (κ1) is 16.0. The summed E-state index contributed by atoms with van der Waals surface area (Å²) in [6.07, 6.45) is 2.19. The molecule has 1 aromatic heterocycles. The van der Waals surface area contributed by atoms with Crippen molar-refractivity contribution in [1.82, 2.24) is 9.55 Å². The monoisotopic (exact) mass is 408 g/mol. The molecule has 0 aliphatic heterocycles. The Morgan fingerprint density at radius 3 is 2.65 bits per heavy atom. The van der Waals surface area contributed by atoms with Gasteiger partial charge in [-0.25, -0.2) is 9.37 Å². The van der Waals surface area contributed by atoms with Gasteiger partial charge in [-0.2, -0.15) is 0 Å². The lowest BCUT2D eigenvalue weighted by molar-refractivity contribution is 0.508. The number of imidazole rings is 1. The summed E-state index contributed by atoms with van der Waals surface area (Å²) in [6, 6.07) is 3.36. The highest BCUT2D eigenvalue weighted by atomic mass is 127. The highest BCUT2D eigenvalue weighted by molar-refractivity contribution is 14.1. The van der Waals surface area contributed by atoms with E-state index in [1.54, 1.807) is 12.1 Å². The first-order valence-electron chi connectivity index (χ1n) is 6.89. The highest BCUT2D eigenvalue weighted by Crippen LogP contribution is 2.27. The van der Waals surface area contributed by atoms with E-state index < -0.39 is 0 Å². The molecule has 0 amide bonds. The molecule has 5 heteroatoms. The molecule has 2 rings (SSSR count). The molecule has 1 heterocycles. The van der Waals surface area contributed by atoms with Gasteiger partial charge in [0.25, 0.3) is 0 Å². The van der Waals surface area contributed by atoms with E-state index in [0.717, 1.165) is 36.2 Å². The molecule has 0 fully saturated rings. The van der Waals surface area contributed by atoms with Crippen LogP contribution in [0.4, 0.5) is 4.39 Å². The summed E-state index contributed by atoms with van der Waals surface area (Å²) in [6.45, 7) is 7.16. The Labute approximate surface area is 137 Å². The quantitative estimate of drug-likeness (QED) is 0.471. The SMILES string of the molecule is CC(C)CCCn1c(C(C)Cl)nc2cc(I)c(F)cc21. The van der Waals surface area contributed by atoms with Crippen molar-refractivity contribution in [1.29, 1.82) is 0 Å². The van der Waals surface area contributed by atoms with Gasteiger partial charge >= 0.3 is 0 Å². The Hall–Kier alpha value is -0.360. The molecule has 20 heavy (non-hydrogen) atoms. The van der Waals surface area contributed by atoms with Crippen LogP contribution in [0, 0.1) is 15.3 Å². The van der Waals surface area contributed by atoms with Crippen LogP contribution in [0.1, 0.15) is 44.8 Å². The number of aromatic nitrogens is 2. The van der Waals surface area contributed by atoms with Crippen LogP contribution >= 0.6 is 34.2 Å². The molecule has 1 unspecified atom stereocenters. The maximum atomic E-state index is 13.8. The molecule has 0 spiro atoms. The van der Waals surface area contributed by atoms with E-state index in [-0.39, 0.29) is 11.2 Å². The van der Waals surface area contributed by atoms with Gasteiger partial charge in [0.15, 0.2) is 0 Å². The van der Waals surface area contributed by atoms with Gasteiger partial charge in [0, 0.05) is 12.6 Å². The third kappa shape index (κ3) is 3.45. The zero-order valence-electron chi connectivity index (χ0n) is 12.0. The van der Waals surface area contributed by atoms with Crippen molar-refractivity contribution in [3.05, 3.63) is 27.3 Å². The van der Waals surface area contributed by atoms with Crippen molar-refractivity contribution in [3.63, 3.8) is 0 Å². The van der Waals surface area contributed by atoms with Crippen molar-refractivity contribution >= 4 is 45.2 Å². The molecule has 0 saturated carbocycles. The Morgan fingerprint density at radius 1 is 1.35 bits per heavy atom. The van der Waals surface area contributed by atoms with E-state index in [1.165, 1.54) is 0 Å². The number of aryl methyl sites for hydroxylation is 1. The molecular weight excluding hydrogens is 390 g/mol.